The lowest BCUT2D eigenvalue weighted by molar-refractivity contribution is -0.140. The van der Waals surface area contributed by atoms with Gasteiger partial charge in [-0.2, -0.15) is 0 Å². The van der Waals surface area contributed by atoms with E-state index in [1.165, 1.54) is 61.6 Å². The highest BCUT2D eigenvalue weighted by atomic mass is 16.5. The molecule has 2 aromatic carbocycles. The molecule has 0 heterocycles. The molecule has 1 fully saturated rings. The Bertz CT molecular complexity index is 798. The molecule has 2 aromatic rings. The van der Waals surface area contributed by atoms with E-state index in [-0.39, 0.29) is 11.9 Å². The van der Waals surface area contributed by atoms with Gasteiger partial charge in [-0.15, -0.1) is 0 Å². The summed E-state index contributed by atoms with van der Waals surface area (Å²) in [5.74, 6) is 1.49. The summed E-state index contributed by atoms with van der Waals surface area (Å²) in [6.07, 6.45) is 11.8. The zero-order chi connectivity index (χ0) is 21.3. The van der Waals surface area contributed by atoms with Gasteiger partial charge in [-0.3, -0.25) is 4.79 Å². The third-order valence-electron chi connectivity index (χ3n) is 6.69. The first-order chi connectivity index (χ1) is 14.6. The second-order valence-corrected chi connectivity index (χ2v) is 9.05. The highest BCUT2D eigenvalue weighted by Crippen LogP contribution is 2.33. The molecular weight excluding hydrogens is 368 g/mol. The van der Waals surface area contributed by atoms with Gasteiger partial charge in [0.25, 0.3) is 0 Å². The summed E-state index contributed by atoms with van der Waals surface area (Å²) < 4.78 is 5.71. The molecule has 0 N–H and O–H groups in total. The van der Waals surface area contributed by atoms with Crippen LogP contribution in [0.2, 0.25) is 0 Å². The van der Waals surface area contributed by atoms with E-state index in [2.05, 4.69) is 51.1 Å². The van der Waals surface area contributed by atoms with Crippen LogP contribution in [0.5, 0.6) is 5.75 Å². The number of esters is 1. The Hall–Kier alpha value is -2.09. The molecule has 0 unspecified atom stereocenters. The van der Waals surface area contributed by atoms with Crippen LogP contribution in [0.15, 0.2) is 42.5 Å². The number of hydrogen-bond donors (Lipinski definition) is 0. The van der Waals surface area contributed by atoms with Crippen molar-refractivity contribution in [2.24, 2.45) is 11.8 Å². The molecule has 1 saturated carbocycles. The Balaban J connectivity index is 1.54. The molecule has 0 radical (unpaired) electrons. The van der Waals surface area contributed by atoms with Crippen molar-refractivity contribution >= 4 is 5.97 Å². The zero-order valence-corrected chi connectivity index (χ0v) is 19.1. The van der Waals surface area contributed by atoms with Gasteiger partial charge in [0.2, 0.25) is 0 Å². The van der Waals surface area contributed by atoms with Gasteiger partial charge in [-0.1, -0.05) is 69.9 Å². The minimum Gasteiger partial charge on any atom is -0.426 e. The Labute approximate surface area is 183 Å². The van der Waals surface area contributed by atoms with Crippen molar-refractivity contribution in [2.75, 3.05) is 0 Å². The van der Waals surface area contributed by atoms with Gasteiger partial charge in [0, 0.05) is 0 Å². The van der Waals surface area contributed by atoms with Crippen LogP contribution in [0, 0.1) is 18.8 Å². The smallest absolute Gasteiger partial charge is 0.314 e. The van der Waals surface area contributed by atoms with Gasteiger partial charge in [-0.05, 0) is 85.8 Å². The van der Waals surface area contributed by atoms with Crippen LogP contribution in [0.1, 0.15) is 82.8 Å². The molecule has 0 aromatic heterocycles. The van der Waals surface area contributed by atoms with E-state index in [9.17, 15) is 4.79 Å². The largest absolute Gasteiger partial charge is 0.426 e. The van der Waals surface area contributed by atoms with Crippen molar-refractivity contribution in [1.29, 1.82) is 0 Å². The summed E-state index contributed by atoms with van der Waals surface area (Å²) in [7, 11) is 0. The van der Waals surface area contributed by atoms with E-state index in [0.29, 0.717) is 5.75 Å². The lowest BCUT2D eigenvalue weighted by Gasteiger charge is -2.27. The molecule has 0 amide bonds. The average molecular weight is 407 g/mol. The summed E-state index contributed by atoms with van der Waals surface area (Å²) in [5, 5.41) is 0. The van der Waals surface area contributed by atoms with E-state index < -0.39 is 0 Å². The Morgan fingerprint density at radius 1 is 0.900 bits per heavy atom. The van der Waals surface area contributed by atoms with Gasteiger partial charge < -0.3 is 4.74 Å². The predicted octanol–water partition coefficient (Wildman–Crippen LogP) is 7.91. The van der Waals surface area contributed by atoms with Crippen molar-refractivity contribution < 1.29 is 9.53 Å². The maximum Gasteiger partial charge on any atom is 0.314 e. The van der Waals surface area contributed by atoms with Crippen LogP contribution in [-0.4, -0.2) is 5.97 Å². The van der Waals surface area contributed by atoms with Crippen LogP contribution in [0.3, 0.4) is 0 Å². The first-order valence-corrected chi connectivity index (χ1v) is 12.0. The molecule has 1 aliphatic carbocycles. The normalized spacial score (nSPS) is 18.9. The van der Waals surface area contributed by atoms with Crippen molar-refractivity contribution in [1.82, 2.24) is 0 Å². The number of aryl methyl sites for hydroxylation is 2. The van der Waals surface area contributed by atoms with Crippen LogP contribution < -0.4 is 4.74 Å². The number of carbonyl (C=O) groups is 1. The van der Waals surface area contributed by atoms with E-state index in [1.54, 1.807) is 0 Å². The lowest BCUT2D eigenvalue weighted by Crippen LogP contribution is -2.25. The maximum atomic E-state index is 12.6. The summed E-state index contributed by atoms with van der Waals surface area (Å²) in [6, 6.07) is 14.7. The number of benzene rings is 2. The molecule has 0 aliphatic heterocycles. The van der Waals surface area contributed by atoms with Crippen molar-refractivity contribution in [3.8, 4) is 16.9 Å². The van der Waals surface area contributed by atoms with E-state index in [4.69, 9.17) is 4.74 Å². The van der Waals surface area contributed by atoms with Crippen LogP contribution in [0.4, 0.5) is 0 Å². The maximum absolute atomic E-state index is 12.6. The number of hydrogen-bond acceptors (Lipinski definition) is 2. The van der Waals surface area contributed by atoms with Crippen molar-refractivity contribution in [2.45, 2.75) is 85.0 Å². The average Bonchev–Trinajstić information content (AvgIpc) is 2.77. The summed E-state index contributed by atoms with van der Waals surface area (Å²) in [4.78, 5) is 12.6. The summed E-state index contributed by atoms with van der Waals surface area (Å²) >= 11 is 0. The monoisotopic (exact) mass is 406 g/mol. The predicted molar refractivity (Wildman–Crippen MR) is 126 cm³/mol. The molecule has 0 saturated heterocycles. The molecule has 0 bridgehead atoms. The molecule has 162 valence electrons. The topological polar surface area (TPSA) is 26.3 Å². The fourth-order valence-electron chi connectivity index (χ4n) is 4.62. The summed E-state index contributed by atoms with van der Waals surface area (Å²) in [6.45, 7) is 6.68. The fourth-order valence-corrected chi connectivity index (χ4v) is 4.62. The third kappa shape index (κ3) is 6.20. The molecule has 2 nitrogen and oxygen atoms in total. The van der Waals surface area contributed by atoms with Gasteiger partial charge in [0.15, 0.2) is 0 Å². The molecule has 30 heavy (non-hydrogen) atoms. The summed E-state index contributed by atoms with van der Waals surface area (Å²) in [5.41, 5.74) is 5.17. The highest BCUT2D eigenvalue weighted by molar-refractivity contribution is 5.75. The van der Waals surface area contributed by atoms with E-state index in [1.807, 2.05) is 12.1 Å². The van der Waals surface area contributed by atoms with Gasteiger partial charge in [-0.25, -0.2) is 0 Å². The Kier molecular flexibility index (Phi) is 8.54. The molecule has 3 rings (SSSR count). The molecule has 0 spiro atoms. The zero-order valence-electron chi connectivity index (χ0n) is 19.1. The molecular formula is C28H38O2. The Morgan fingerprint density at radius 3 is 2.20 bits per heavy atom. The first kappa shape index (κ1) is 22.6. The van der Waals surface area contributed by atoms with E-state index in [0.717, 1.165) is 30.7 Å². The van der Waals surface area contributed by atoms with Crippen LogP contribution in [0.25, 0.3) is 11.1 Å². The Morgan fingerprint density at radius 2 is 1.57 bits per heavy atom. The second-order valence-electron chi connectivity index (χ2n) is 9.05. The quantitative estimate of drug-likeness (QED) is 0.312. The van der Waals surface area contributed by atoms with Crippen molar-refractivity contribution in [3.63, 3.8) is 0 Å². The van der Waals surface area contributed by atoms with Crippen LogP contribution >= 0.6 is 0 Å². The molecule has 1 aliphatic rings. The second kappa shape index (κ2) is 11.3. The minimum atomic E-state index is -0.0483. The van der Waals surface area contributed by atoms with Gasteiger partial charge in [0.05, 0.1) is 5.92 Å². The van der Waals surface area contributed by atoms with Gasteiger partial charge in [0.1, 0.15) is 5.75 Å². The molecule has 2 heteroatoms. The first-order valence-electron chi connectivity index (χ1n) is 12.0. The number of carbonyl (C=O) groups excluding carboxylic acids is 1. The fraction of sp³-hybridized carbons (Fsp3) is 0.536. The number of ether oxygens (including phenoxy) is 1. The standard InChI is InChI=1S/C28H38O2/c1-4-6-8-22-10-12-25(13-11-22)28(29)30-27-18-16-24(17-19-27)26-15-14-23(9-7-5-2)21(3)20-26/h14-20,22,25H,4-13H2,1-3H3. The van der Waals surface area contributed by atoms with E-state index >= 15 is 0 Å². The van der Waals surface area contributed by atoms with Crippen LogP contribution in [-0.2, 0) is 11.2 Å². The van der Waals surface area contributed by atoms with Crippen molar-refractivity contribution in [3.05, 3.63) is 53.6 Å². The highest BCUT2D eigenvalue weighted by Gasteiger charge is 2.27. The number of unbranched alkanes of at least 4 members (excludes halogenated alkanes) is 2. The minimum absolute atomic E-state index is 0.0483. The van der Waals surface area contributed by atoms with Gasteiger partial charge >= 0.3 is 5.97 Å². The molecule has 0 atom stereocenters. The SMILES string of the molecule is CCCCc1ccc(-c2ccc(OC(=O)C3CCC(CCCC)CC3)cc2)cc1C. The lowest BCUT2D eigenvalue weighted by atomic mass is 9.80. The number of rotatable bonds is 9. The third-order valence-corrected chi connectivity index (χ3v) is 6.69.